The summed E-state index contributed by atoms with van der Waals surface area (Å²) in [4.78, 5) is 10.5. The second-order valence-corrected chi connectivity index (χ2v) is 2.64. The molecule has 0 aliphatic rings. The molecule has 0 radical (unpaired) electrons. The summed E-state index contributed by atoms with van der Waals surface area (Å²) in [5, 5.41) is 6.87. The van der Waals surface area contributed by atoms with Gasteiger partial charge < -0.3 is 16.8 Å². The van der Waals surface area contributed by atoms with Crippen LogP contribution in [0.15, 0.2) is 6.20 Å². The Balaban J connectivity index is 2.70. The molecule has 0 aliphatic heterocycles. The van der Waals surface area contributed by atoms with E-state index in [0.29, 0.717) is 18.1 Å². The summed E-state index contributed by atoms with van der Waals surface area (Å²) in [5.41, 5.74) is 11.2. The zero-order valence-corrected chi connectivity index (χ0v) is 7.45. The fourth-order valence-electron chi connectivity index (χ4n) is 1.06. The van der Waals surface area contributed by atoms with E-state index in [4.69, 9.17) is 11.5 Å². The molecule has 0 fully saturated rings. The van der Waals surface area contributed by atoms with Gasteiger partial charge in [-0.15, -0.1) is 0 Å². The van der Waals surface area contributed by atoms with Gasteiger partial charge in [0.25, 0.3) is 0 Å². The number of rotatable bonds is 4. The van der Waals surface area contributed by atoms with Crippen molar-refractivity contribution in [2.75, 3.05) is 18.1 Å². The highest BCUT2D eigenvalue weighted by Gasteiger charge is 2.06. The first kappa shape index (κ1) is 9.37. The topological polar surface area (TPSA) is 99.0 Å². The number of nitrogens with one attached hydrogen (secondary N) is 1. The molecule has 13 heavy (non-hydrogen) atoms. The minimum absolute atomic E-state index is 0.260. The van der Waals surface area contributed by atoms with Crippen LogP contribution in [0.4, 0.5) is 11.5 Å². The first-order valence-electron chi connectivity index (χ1n) is 3.92. The van der Waals surface area contributed by atoms with Crippen molar-refractivity contribution >= 4 is 17.4 Å². The van der Waals surface area contributed by atoms with E-state index in [1.807, 2.05) is 0 Å². The number of anilines is 2. The first-order chi connectivity index (χ1) is 6.15. The van der Waals surface area contributed by atoms with E-state index in [2.05, 4.69) is 10.4 Å². The van der Waals surface area contributed by atoms with Crippen molar-refractivity contribution in [2.45, 2.75) is 13.0 Å². The Morgan fingerprint density at radius 3 is 3.00 bits per heavy atom. The second-order valence-electron chi connectivity index (χ2n) is 2.64. The van der Waals surface area contributed by atoms with Gasteiger partial charge in [0.2, 0.25) is 5.91 Å². The van der Waals surface area contributed by atoms with E-state index in [0.717, 1.165) is 0 Å². The Hall–Kier alpha value is -1.72. The maximum absolute atomic E-state index is 10.5. The number of hydrogen-bond acceptors (Lipinski definition) is 4. The zero-order chi connectivity index (χ0) is 9.84. The van der Waals surface area contributed by atoms with Gasteiger partial charge in [-0.2, -0.15) is 5.10 Å². The number of primary amides is 1. The smallest absolute Gasteiger partial charge is 0.219 e. The maximum atomic E-state index is 10.5. The third-order valence-electron chi connectivity index (χ3n) is 1.67. The summed E-state index contributed by atoms with van der Waals surface area (Å²) in [6, 6.07) is 0. The summed E-state index contributed by atoms with van der Waals surface area (Å²) in [6.07, 6.45) is 1.79. The predicted molar refractivity (Wildman–Crippen MR) is 50.0 cm³/mol. The van der Waals surface area contributed by atoms with Crippen molar-refractivity contribution in [1.29, 1.82) is 0 Å². The Bertz CT molecular complexity index is 306. The highest BCUT2D eigenvalue weighted by atomic mass is 16.1. The van der Waals surface area contributed by atoms with Gasteiger partial charge in [0, 0.05) is 13.5 Å². The molecular weight excluding hydrogens is 170 g/mol. The van der Waals surface area contributed by atoms with Gasteiger partial charge in [-0.3, -0.25) is 4.79 Å². The van der Waals surface area contributed by atoms with E-state index in [1.165, 1.54) is 6.20 Å². The molecule has 5 N–H and O–H groups in total. The minimum atomic E-state index is -0.351. The SMILES string of the molecule is CNc1c(N)cnn1CCC(N)=O. The third-order valence-corrected chi connectivity index (χ3v) is 1.67. The van der Waals surface area contributed by atoms with Crippen LogP contribution in [-0.2, 0) is 11.3 Å². The Morgan fingerprint density at radius 1 is 1.77 bits per heavy atom. The van der Waals surface area contributed by atoms with E-state index in [-0.39, 0.29) is 12.3 Å². The van der Waals surface area contributed by atoms with Gasteiger partial charge in [-0.25, -0.2) is 4.68 Å². The molecule has 1 aromatic heterocycles. The Labute approximate surface area is 75.9 Å². The number of nitrogen functional groups attached to an aromatic ring is 1. The molecule has 0 atom stereocenters. The van der Waals surface area contributed by atoms with Crippen LogP contribution in [-0.4, -0.2) is 22.7 Å². The number of nitrogens with zero attached hydrogens (tertiary/aromatic N) is 2. The molecule has 72 valence electrons. The van der Waals surface area contributed by atoms with Crippen molar-refractivity contribution in [2.24, 2.45) is 5.73 Å². The summed E-state index contributed by atoms with van der Waals surface area (Å²) in [5.74, 6) is 0.359. The minimum Gasteiger partial charge on any atom is -0.394 e. The Kier molecular flexibility index (Phi) is 2.73. The van der Waals surface area contributed by atoms with Crippen molar-refractivity contribution in [3.05, 3.63) is 6.20 Å². The molecule has 1 amide bonds. The van der Waals surface area contributed by atoms with Gasteiger partial charge in [-0.05, 0) is 0 Å². The molecule has 0 spiro atoms. The van der Waals surface area contributed by atoms with Crippen molar-refractivity contribution in [3.8, 4) is 0 Å². The highest BCUT2D eigenvalue weighted by molar-refractivity contribution is 5.73. The lowest BCUT2D eigenvalue weighted by Gasteiger charge is -2.05. The number of amides is 1. The molecule has 6 nitrogen and oxygen atoms in total. The predicted octanol–water partition coefficient (Wildman–Crippen LogP) is -0.618. The van der Waals surface area contributed by atoms with Crippen molar-refractivity contribution in [3.63, 3.8) is 0 Å². The number of aryl methyl sites for hydroxylation is 1. The molecule has 1 aromatic rings. The van der Waals surface area contributed by atoms with Gasteiger partial charge in [0.05, 0.1) is 18.4 Å². The van der Waals surface area contributed by atoms with Crippen LogP contribution in [0.3, 0.4) is 0 Å². The molecular formula is C7H13N5O. The fourth-order valence-corrected chi connectivity index (χ4v) is 1.06. The van der Waals surface area contributed by atoms with Crippen molar-refractivity contribution < 1.29 is 4.79 Å². The van der Waals surface area contributed by atoms with E-state index >= 15 is 0 Å². The second kappa shape index (κ2) is 3.79. The number of carbonyl (C=O) groups is 1. The van der Waals surface area contributed by atoms with Crippen LogP contribution in [0.1, 0.15) is 6.42 Å². The molecule has 0 unspecified atom stereocenters. The summed E-state index contributed by atoms with van der Waals surface area (Å²) >= 11 is 0. The Morgan fingerprint density at radius 2 is 2.46 bits per heavy atom. The molecule has 0 bridgehead atoms. The number of nitrogens with two attached hydrogens (primary N) is 2. The molecule has 0 saturated heterocycles. The van der Waals surface area contributed by atoms with Crippen LogP contribution < -0.4 is 16.8 Å². The first-order valence-corrected chi connectivity index (χ1v) is 3.92. The average molecular weight is 183 g/mol. The molecule has 1 rings (SSSR count). The number of carbonyl (C=O) groups excluding carboxylic acids is 1. The van der Waals surface area contributed by atoms with E-state index < -0.39 is 0 Å². The maximum Gasteiger partial charge on any atom is 0.219 e. The van der Waals surface area contributed by atoms with Gasteiger partial charge in [0.1, 0.15) is 5.82 Å². The fraction of sp³-hybridized carbons (Fsp3) is 0.429. The molecule has 6 heteroatoms. The lowest BCUT2D eigenvalue weighted by molar-refractivity contribution is -0.118. The number of aromatic nitrogens is 2. The quantitative estimate of drug-likeness (QED) is 0.579. The van der Waals surface area contributed by atoms with Gasteiger partial charge in [-0.1, -0.05) is 0 Å². The van der Waals surface area contributed by atoms with Gasteiger partial charge >= 0.3 is 0 Å². The van der Waals surface area contributed by atoms with Crippen LogP contribution >= 0.6 is 0 Å². The average Bonchev–Trinajstić information content (AvgIpc) is 2.42. The lowest BCUT2D eigenvalue weighted by Crippen LogP contribution is -2.15. The van der Waals surface area contributed by atoms with E-state index in [1.54, 1.807) is 11.7 Å². The van der Waals surface area contributed by atoms with Crippen LogP contribution in [0.2, 0.25) is 0 Å². The molecule has 1 heterocycles. The van der Waals surface area contributed by atoms with E-state index in [9.17, 15) is 4.79 Å². The van der Waals surface area contributed by atoms with Gasteiger partial charge in [0.15, 0.2) is 0 Å². The zero-order valence-electron chi connectivity index (χ0n) is 7.45. The number of hydrogen-bond donors (Lipinski definition) is 3. The standard InChI is InChI=1S/C7H13N5O/c1-10-7-5(8)4-11-12(7)3-2-6(9)13/h4,10H,2-3,8H2,1H3,(H2,9,13). The highest BCUT2D eigenvalue weighted by Crippen LogP contribution is 2.16. The van der Waals surface area contributed by atoms with Crippen LogP contribution in [0.25, 0.3) is 0 Å². The summed E-state index contributed by atoms with van der Waals surface area (Å²) < 4.78 is 1.61. The summed E-state index contributed by atoms with van der Waals surface area (Å²) in [7, 11) is 1.74. The third kappa shape index (κ3) is 2.11. The normalized spacial score (nSPS) is 9.92. The lowest BCUT2D eigenvalue weighted by atomic mass is 10.4. The molecule has 0 aliphatic carbocycles. The summed E-state index contributed by atoms with van der Waals surface area (Å²) in [6.45, 7) is 0.447. The largest absolute Gasteiger partial charge is 0.394 e. The van der Waals surface area contributed by atoms with Crippen molar-refractivity contribution in [1.82, 2.24) is 9.78 Å². The molecule has 0 aromatic carbocycles. The van der Waals surface area contributed by atoms with Crippen LogP contribution in [0.5, 0.6) is 0 Å². The molecule has 0 saturated carbocycles. The monoisotopic (exact) mass is 183 g/mol. The van der Waals surface area contributed by atoms with Crippen LogP contribution in [0, 0.1) is 0 Å².